The Kier molecular flexibility index (Phi) is 3.32. The maximum atomic E-state index is 11.6. The lowest BCUT2D eigenvalue weighted by atomic mass is 9.82. The van der Waals surface area contributed by atoms with E-state index in [1.807, 2.05) is 20.8 Å². The van der Waals surface area contributed by atoms with Gasteiger partial charge in [0.05, 0.1) is 11.2 Å². The van der Waals surface area contributed by atoms with Crippen LogP contribution in [0.25, 0.3) is 0 Å². The van der Waals surface area contributed by atoms with Crippen LogP contribution in [0, 0.1) is 0 Å². The first kappa shape index (κ1) is 13.6. The molecule has 2 aliphatic rings. The second kappa shape index (κ2) is 4.38. The molecule has 1 amide bonds. The molecule has 2 heterocycles. The van der Waals surface area contributed by atoms with E-state index in [4.69, 9.17) is 15.2 Å². The largest absolute Gasteiger partial charge is 0.444 e. The van der Waals surface area contributed by atoms with Crippen LogP contribution < -0.4 is 11.1 Å². The normalized spacial score (nSPS) is 34.7. The highest BCUT2D eigenvalue weighted by Gasteiger charge is 2.54. The molecule has 0 unspecified atom stereocenters. The molecule has 2 aliphatic heterocycles. The van der Waals surface area contributed by atoms with Crippen molar-refractivity contribution >= 4 is 6.09 Å². The first-order chi connectivity index (χ1) is 8.28. The van der Waals surface area contributed by atoms with Crippen molar-refractivity contribution in [2.75, 3.05) is 13.1 Å². The van der Waals surface area contributed by atoms with Gasteiger partial charge in [-0.25, -0.2) is 4.79 Å². The van der Waals surface area contributed by atoms with Crippen LogP contribution >= 0.6 is 0 Å². The molecule has 104 valence electrons. The molecule has 0 atom stereocenters. The summed E-state index contributed by atoms with van der Waals surface area (Å²) in [6.07, 6.45) is 3.57. The van der Waals surface area contributed by atoms with Crippen LogP contribution in [0.3, 0.4) is 0 Å². The van der Waals surface area contributed by atoms with Gasteiger partial charge in [0.2, 0.25) is 0 Å². The van der Waals surface area contributed by atoms with Gasteiger partial charge in [0, 0.05) is 13.1 Å². The summed E-state index contributed by atoms with van der Waals surface area (Å²) >= 11 is 0. The topological polar surface area (TPSA) is 73.6 Å². The van der Waals surface area contributed by atoms with Crippen LogP contribution in [0.15, 0.2) is 0 Å². The maximum Gasteiger partial charge on any atom is 0.407 e. The summed E-state index contributed by atoms with van der Waals surface area (Å²) in [5.41, 5.74) is 4.96. The molecule has 0 aliphatic carbocycles. The van der Waals surface area contributed by atoms with Crippen LogP contribution in [0.1, 0.15) is 46.5 Å². The van der Waals surface area contributed by atoms with E-state index >= 15 is 0 Å². The van der Waals surface area contributed by atoms with Crippen molar-refractivity contribution in [3.8, 4) is 0 Å². The van der Waals surface area contributed by atoms with Crippen molar-refractivity contribution in [1.82, 2.24) is 5.32 Å². The Labute approximate surface area is 108 Å². The minimum Gasteiger partial charge on any atom is -0.444 e. The van der Waals surface area contributed by atoms with Crippen LogP contribution in [-0.2, 0) is 9.47 Å². The number of hydrogen-bond acceptors (Lipinski definition) is 4. The number of nitrogens with two attached hydrogens (primary N) is 1. The fourth-order valence-electron chi connectivity index (χ4n) is 2.83. The number of carbonyl (C=O) groups is 1. The Morgan fingerprint density at radius 3 is 2.28 bits per heavy atom. The Morgan fingerprint density at radius 2 is 1.83 bits per heavy atom. The Balaban J connectivity index is 1.83. The smallest absolute Gasteiger partial charge is 0.407 e. The molecule has 0 aromatic heterocycles. The number of hydrogen-bond donors (Lipinski definition) is 2. The fraction of sp³-hybridized carbons (Fsp3) is 0.923. The SMILES string of the molecule is CC(C)(C)OC(=O)NCC12CCC(CN)(CC1)O2. The van der Waals surface area contributed by atoms with E-state index in [0.29, 0.717) is 13.1 Å². The predicted octanol–water partition coefficient (Wildman–Crippen LogP) is 1.55. The fourth-order valence-corrected chi connectivity index (χ4v) is 2.83. The lowest BCUT2D eigenvalue weighted by Crippen LogP contribution is -2.43. The summed E-state index contributed by atoms with van der Waals surface area (Å²) < 4.78 is 11.3. The van der Waals surface area contributed by atoms with Gasteiger partial charge in [-0.05, 0) is 46.5 Å². The molecular weight excluding hydrogens is 232 g/mol. The standard InChI is InChI=1S/C13H24N2O3/c1-11(2,3)17-10(16)15-9-13-6-4-12(8-14,18-13)5-7-13/h4-9,14H2,1-3H3,(H,15,16). The summed E-state index contributed by atoms with van der Waals surface area (Å²) in [6.45, 7) is 6.65. The van der Waals surface area contributed by atoms with Gasteiger partial charge in [0.1, 0.15) is 5.60 Å². The van der Waals surface area contributed by atoms with E-state index in [0.717, 1.165) is 25.7 Å². The zero-order valence-electron chi connectivity index (χ0n) is 11.5. The molecule has 0 aromatic rings. The van der Waals surface area contributed by atoms with E-state index in [9.17, 15) is 4.79 Å². The highest BCUT2D eigenvalue weighted by Crippen LogP contribution is 2.49. The van der Waals surface area contributed by atoms with Crippen molar-refractivity contribution in [3.05, 3.63) is 0 Å². The molecule has 0 saturated carbocycles. The number of amides is 1. The number of fused-ring (bicyclic) bond motifs is 2. The Bertz CT molecular complexity index is 328. The van der Waals surface area contributed by atoms with Crippen molar-refractivity contribution < 1.29 is 14.3 Å². The zero-order valence-corrected chi connectivity index (χ0v) is 11.5. The van der Waals surface area contributed by atoms with Crippen LogP contribution in [0.4, 0.5) is 4.79 Å². The van der Waals surface area contributed by atoms with Gasteiger partial charge < -0.3 is 20.5 Å². The second-order valence-corrected chi connectivity index (χ2v) is 6.53. The zero-order chi connectivity index (χ0) is 13.4. The first-order valence-electron chi connectivity index (χ1n) is 6.65. The lowest BCUT2D eigenvalue weighted by Gasteiger charge is -2.26. The second-order valence-electron chi connectivity index (χ2n) is 6.53. The van der Waals surface area contributed by atoms with Gasteiger partial charge in [-0.2, -0.15) is 0 Å². The van der Waals surface area contributed by atoms with Crippen molar-refractivity contribution in [2.45, 2.75) is 63.3 Å². The van der Waals surface area contributed by atoms with E-state index in [2.05, 4.69) is 5.32 Å². The van der Waals surface area contributed by atoms with Gasteiger partial charge in [-0.15, -0.1) is 0 Å². The monoisotopic (exact) mass is 256 g/mol. The molecule has 0 radical (unpaired) electrons. The van der Waals surface area contributed by atoms with Gasteiger partial charge in [-0.1, -0.05) is 0 Å². The van der Waals surface area contributed by atoms with Gasteiger partial charge in [-0.3, -0.25) is 0 Å². The maximum absolute atomic E-state index is 11.6. The molecule has 18 heavy (non-hydrogen) atoms. The first-order valence-corrected chi connectivity index (χ1v) is 6.65. The summed E-state index contributed by atoms with van der Waals surface area (Å²) in [4.78, 5) is 11.6. The predicted molar refractivity (Wildman–Crippen MR) is 68.3 cm³/mol. The molecule has 5 heteroatoms. The van der Waals surface area contributed by atoms with E-state index in [1.54, 1.807) is 0 Å². The molecule has 0 aromatic carbocycles. The number of rotatable bonds is 3. The average Bonchev–Trinajstić information content (AvgIpc) is 2.81. The number of alkyl carbamates (subject to hydrolysis) is 1. The third kappa shape index (κ3) is 2.78. The molecule has 2 fully saturated rings. The number of carbonyl (C=O) groups excluding carboxylic acids is 1. The summed E-state index contributed by atoms with van der Waals surface area (Å²) in [5.74, 6) is 0. The molecule has 5 nitrogen and oxygen atoms in total. The highest BCUT2D eigenvalue weighted by molar-refractivity contribution is 5.67. The number of ether oxygens (including phenoxy) is 2. The summed E-state index contributed by atoms with van der Waals surface area (Å²) in [7, 11) is 0. The lowest BCUT2D eigenvalue weighted by molar-refractivity contribution is -0.0426. The minimum atomic E-state index is -0.463. The summed E-state index contributed by atoms with van der Waals surface area (Å²) in [6, 6.07) is 0. The van der Waals surface area contributed by atoms with Crippen molar-refractivity contribution in [3.63, 3.8) is 0 Å². The highest BCUT2D eigenvalue weighted by atomic mass is 16.6. The third-order valence-electron chi connectivity index (χ3n) is 3.83. The molecule has 2 bridgehead atoms. The van der Waals surface area contributed by atoms with Gasteiger partial charge >= 0.3 is 6.09 Å². The van der Waals surface area contributed by atoms with Crippen molar-refractivity contribution in [1.29, 1.82) is 0 Å². The van der Waals surface area contributed by atoms with Crippen LogP contribution in [0.2, 0.25) is 0 Å². The Morgan fingerprint density at radius 1 is 1.28 bits per heavy atom. The average molecular weight is 256 g/mol. The van der Waals surface area contributed by atoms with Crippen molar-refractivity contribution in [2.24, 2.45) is 5.73 Å². The molecule has 3 N–H and O–H groups in total. The molecule has 0 spiro atoms. The van der Waals surface area contributed by atoms with Gasteiger partial charge in [0.15, 0.2) is 0 Å². The van der Waals surface area contributed by atoms with Crippen LogP contribution in [0.5, 0.6) is 0 Å². The minimum absolute atomic E-state index is 0.129. The van der Waals surface area contributed by atoms with Crippen LogP contribution in [-0.4, -0.2) is 36.0 Å². The molecule has 2 rings (SSSR count). The molecular formula is C13H24N2O3. The van der Waals surface area contributed by atoms with E-state index < -0.39 is 5.60 Å². The number of nitrogens with one attached hydrogen (secondary N) is 1. The molecule has 2 saturated heterocycles. The van der Waals surface area contributed by atoms with Gasteiger partial charge in [0.25, 0.3) is 0 Å². The van der Waals surface area contributed by atoms with E-state index in [-0.39, 0.29) is 17.3 Å². The summed E-state index contributed by atoms with van der Waals surface area (Å²) in [5, 5.41) is 2.81. The third-order valence-corrected chi connectivity index (χ3v) is 3.83. The van der Waals surface area contributed by atoms with E-state index in [1.165, 1.54) is 0 Å². The Hall–Kier alpha value is -0.810. The quantitative estimate of drug-likeness (QED) is 0.803.